The Hall–Kier alpha value is -0.620. The number of hydrogen-bond acceptors (Lipinski definition) is 1. The number of hydrogen-bond donors (Lipinski definition) is 0. The number of halogens is 1. The quantitative estimate of drug-likeness (QED) is 0.718. The first kappa shape index (κ1) is 12.8. The maximum absolute atomic E-state index is 13.9. The smallest absolute Gasteiger partial charge is 0.145 e. The number of nitrogens with zero attached hydrogens (tertiary/aromatic N) is 1. The molecule has 3 heteroatoms. The van der Waals surface area contributed by atoms with Crippen molar-refractivity contribution in [3.05, 3.63) is 29.8 Å². The zero-order valence-corrected chi connectivity index (χ0v) is 11.6. The lowest BCUT2D eigenvalue weighted by atomic mass is 10.1. The molecule has 1 aliphatic rings. The molecule has 1 heterocycles. The highest BCUT2D eigenvalue weighted by molar-refractivity contribution is 7.18. The Morgan fingerprint density at radius 3 is 2.41 bits per heavy atom. The minimum Gasteiger partial charge on any atom is -0.372 e. The standard InChI is InChI=1S/C14H21FNP/c1-14(15,17)12-7-6-8-13(11-12)16-9-4-2-3-5-10-16/h6-8,11H,2-5,9-10,17H2,1H3. The second kappa shape index (κ2) is 5.35. The molecule has 0 aliphatic carbocycles. The minimum absolute atomic E-state index is 0.740. The van der Waals surface area contributed by atoms with Gasteiger partial charge in [0.1, 0.15) is 5.41 Å². The molecule has 0 amide bonds. The van der Waals surface area contributed by atoms with E-state index in [0.717, 1.165) is 24.3 Å². The van der Waals surface area contributed by atoms with Crippen LogP contribution in [0.4, 0.5) is 10.1 Å². The highest BCUT2D eigenvalue weighted by atomic mass is 31.0. The lowest BCUT2D eigenvalue weighted by Crippen LogP contribution is -2.24. The fraction of sp³-hybridized carbons (Fsp3) is 0.571. The molecule has 1 nitrogen and oxygen atoms in total. The second-order valence-corrected chi connectivity index (χ2v) is 6.11. The van der Waals surface area contributed by atoms with E-state index < -0.39 is 5.41 Å². The average molecular weight is 253 g/mol. The summed E-state index contributed by atoms with van der Waals surface area (Å²) in [5.74, 6) is 0. The predicted molar refractivity (Wildman–Crippen MR) is 75.3 cm³/mol. The van der Waals surface area contributed by atoms with Gasteiger partial charge in [0.2, 0.25) is 0 Å². The van der Waals surface area contributed by atoms with Crippen LogP contribution < -0.4 is 4.90 Å². The zero-order chi connectivity index (χ0) is 12.3. The Labute approximate surface area is 106 Å². The first-order valence-corrected chi connectivity index (χ1v) is 6.98. The Bertz CT molecular complexity index is 365. The van der Waals surface area contributed by atoms with E-state index in [2.05, 4.69) is 20.2 Å². The fourth-order valence-electron chi connectivity index (χ4n) is 2.34. The molecule has 1 saturated heterocycles. The molecular weight excluding hydrogens is 232 g/mol. The summed E-state index contributed by atoms with van der Waals surface area (Å²) in [4.78, 5) is 2.38. The van der Waals surface area contributed by atoms with E-state index in [9.17, 15) is 4.39 Å². The molecule has 0 saturated carbocycles. The third kappa shape index (κ3) is 3.42. The van der Waals surface area contributed by atoms with Gasteiger partial charge in [-0.15, -0.1) is 0 Å². The summed E-state index contributed by atoms with van der Waals surface area (Å²) in [5, 5.41) is -1.33. The molecule has 0 spiro atoms. The minimum atomic E-state index is -1.33. The normalized spacial score (nSPS) is 20.8. The first-order valence-electron chi connectivity index (χ1n) is 6.41. The molecule has 0 aromatic heterocycles. The van der Waals surface area contributed by atoms with Crippen LogP contribution in [-0.2, 0) is 5.41 Å². The largest absolute Gasteiger partial charge is 0.372 e. The molecule has 0 radical (unpaired) electrons. The van der Waals surface area contributed by atoms with E-state index in [1.807, 2.05) is 18.2 Å². The molecule has 1 aromatic rings. The van der Waals surface area contributed by atoms with E-state index in [1.54, 1.807) is 6.92 Å². The maximum Gasteiger partial charge on any atom is 0.145 e. The van der Waals surface area contributed by atoms with Gasteiger partial charge < -0.3 is 4.90 Å². The van der Waals surface area contributed by atoms with Crippen molar-refractivity contribution in [2.24, 2.45) is 0 Å². The zero-order valence-electron chi connectivity index (χ0n) is 10.5. The second-order valence-electron chi connectivity index (χ2n) is 5.03. The Balaban J connectivity index is 2.20. The third-order valence-electron chi connectivity index (χ3n) is 3.38. The Morgan fingerprint density at radius 2 is 1.82 bits per heavy atom. The van der Waals surface area contributed by atoms with Crippen molar-refractivity contribution < 1.29 is 4.39 Å². The number of anilines is 1. The number of benzene rings is 1. The van der Waals surface area contributed by atoms with Crippen LogP contribution in [0.5, 0.6) is 0 Å². The van der Waals surface area contributed by atoms with Gasteiger partial charge in [0.05, 0.1) is 0 Å². The summed E-state index contributed by atoms with van der Waals surface area (Å²) in [6.45, 7) is 3.78. The van der Waals surface area contributed by atoms with Gasteiger partial charge in [0.25, 0.3) is 0 Å². The Kier molecular flexibility index (Phi) is 4.04. The van der Waals surface area contributed by atoms with E-state index >= 15 is 0 Å². The molecule has 17 heavy (non-hydrogen) atoms. The molecule has 0 bridgehead atoms. The Morgan fingerprint density at radius 1 is 1.18 bits per heavy atom. The van der Waals surface area contributed by atoms with Gasteiger partial charge in [-0.1, -0.05) is 34.2 Å². The maximum atomic E-state index is 13.9. The van der Waals surface area contributed by atoms with Crippen molar-refractivity contribution in [2.45, 2.75) is 38.0 Å². The molecule has 1 fully saturated rings. The highest BCUT2D eigenvalue weighted by Gasteiger charge is 2.20. The summed E-state index contributed by atoms with van der Waals surface area (Å²) in [6.07, 6.45) is 5.14. The lowest BCUT2D eigenvalue weighted by Gasteiger charge is -2.24. The van der Waals surface area contributed by atoms with Crippen molar-refractivity contribution in [1.82, 2.24) is 0 Å². The van der Waals surface area contributed by atoms with Crippen molar-refractivity contribution in [1.29, 1.82) is 0 Å². The van der Waals surface area contributed by atoms with Gasteiger partial charge in [-0.05, 0) is 37.5 Å². The van der Waals surface area contributed by atoms with Crippen LogP contribution in [0, 0.1) is 0 Å². The first-order chi connectivity index (χ1) is 8.07. The highest BCUT2D eigenvalue weighted by Crippen LogP contribution is 2.34. The monoisotopic (exact) mass is 253 g/mol. The fourth-order valence-corrected chi connectivity index (χ4v) is 2.52. The van der Waals surface area contributed by atoms with Crippen LogP contribution in [0.2, 0.25) is 0 Å². The van der Waals surface area contributed by atoms with Gasteiger partial charge in [-0.3, -0.25) is 0 Å². The molecular formula is C14H21FNP. The molecule has 1 aliphatic heterocycles. The summed E-state index contributed by atoms with van der Waals surface area (Å²) < 4.78 is 13.9. The lowest BCUT2D eigenvalue weighted by molar-refractivity contribution is 0.324. The molecule has 94 valence electrons. The van der Waals surface area contributed by atoms with Crippen LogP contribution in [0.15, 0.2) is 24.3 Å². The molecule has 0 N–H and O–H groups in total. The molecule has 1 aromatic carbocycles. The SMILES string of the molecule is CC(F)(P)c1cccc(N2CCCCCC2)c1. The molecule has 2 unspecified atom stereocenters. The van der Waals surface area contributed by atoms with Gasteiger partial charge in [-0.25, -0.2) is 4.39 Å². The van der Waals surface area contributed by atoms with Gasteiger partial charge >= 0.3 is 0 Å². The van der Waals surface area contributed by atoms with Gasteiger partial charge in [-0.2, -0.15) is 0 Å². The van der Waals surface area contributed by atoms with Gasteiger partial charge in [0, 0.05) is 18.8 Å². The van der Waals surface area contributed by atoms with E-state index in [4.69, 9.17) is 0 Å². The third-order valence-corrected chi connectivity index (χ3v) is 3.72. The van der Waals surface area contributed by atoms with Crippen molar-refractivity contribution in [3.8, 4) is 0 Å². The van der Waals surface area contributed by atoms with E-state index in [0.29, 0.717) is 0 Å². The van der Waals surface area contributed by atoms with Crippen LogP contribution in [-0.4, -0.2) is 13.1 Å². The van der Waals surface area contributed by atoms with E-state index in [1.165, 1.54) is 25.7 Å². The van der Waals surface area contributed by atoms with Crippen LogP contribution in [0.3, 0.4) is 0 Å². The van der Waals surface area contributed by atoms with Crippen molar-refractivity contribution >= 4 is 14.9 Å². The van der Waals surface area contributed by atoms with Crippen LogP contribution >= 0.6 is 9.24 Å². The summed E-state index contributed by atoms with van der Waals surface area (Å²) >= 11 is 0. The summed E-state index contributed by atoms with van der Waals surface area (Å²) in [7, 11) is 2.27. The number of rotatable bonds is 2. The van der Waals surface area contributed by atoms with Crippen LogP contribution in [0.1, 0.15) is 38.2 Å². The molecule has 2 atom stereocenters. The average Bonchev–Trinajstić information content (AvgIpc) is 2.56. The van der Waals surface area contributed by atoms with Crippen molar-refractivity contribution in [3.63, 3.8) is 0 Å². The summed E-state index contributed by atoms with van der Waals surface area (Å²) in [6, 6.07) is 7.88. The van der Waals surface area contributed by atoms with E-state index in [-0.39, 0.29) is 0 Å². The number of alkyl halides is 1. The topological polar surface area (TPSA) is 3.24 Å². The van der Waals surface area contributed by atoms with Crippen molar-refractivity contribution in [2.75, 3.05) is 18.0 Å². The predicted octanol–water partition coefficient (Wildman–Crippen LogP) is 4.08. The van der Waals surface area contributed by atoms with Crippen LogP contribution in [0.25, 0.3) is 0 Å². The van der Waals surface area contributed by atoms with Gasteiger partial charge in [0.15, 0.2) is 0 Å². The molecule has 2 rings (SSSR count). The summed E-state index contributed by atoms with van der Waals surface area (Å²) in [5.41, 5.74) is 1.90.